The molecule has 10 heteroatoms. The highest BCUT2D eigenvalue weighted by Crippen LogP contribution is 2.36. The van der Waals surface area contributed by atoms with Gasteiger partial charge in [0.05, 0.1) is 18.8 Å². The summed E-state index contributed by atoms with van der Waals surface area (Å²) in [4.78, 5) is 40.4. The molecule has 0 amide bonds. The van der Waals surface area contributed by atoms with Crippen molar-refractivity contribution < 1.29 is 42.7 Å². The van der Waals surface area contributed by atoms with Gasteiger partial charge in [0.2, 0.25) is 0 Å². The molecule has 0 aliphatic carbocycles. The number of ether oxygens (including phenoxy) is 3. The van der Waals surface area contributed by atoms with Gasteiger partial charge >= 0.3 is 19.8 Å². The van der Waals surface area contributed by atoms with E-state index in [1.165, 1.54) is 32.6 Å². The second-order valence-corrected chi connectivity index (χ2v) is 9.66. The molecule has 0 saturated carbocycles. The van der Waals surface area contributed by atoms with Crippen LogP contribution in [0, 0.1) is 0 Å². The summed E-state index contributed by atoms with van der Waals surface area (Å²) >= 11 is 0. The minimum absolute atomic E-state index is 0.188. The second-order valence-electron chi connectivity index (χ2n) is 8.42. The standard InChI is InChI=1S/C23H41O9P/c1-3-4-11-14-21-22(32-21)15-12-9-7-5-6-8-10-13-16-23(25)31-20(17-29-19(2)24)18-30-33(26,27)28/h9,12,20-22H,3-8,10-11,13-18H2,1-2H3,(H2,26,27,28)/b12-9-/t20-,21?,22?/m1/s1. The summed E-state index contributed by atoms with van der Waals surface area (Å²) in [6.45, 7) is 2.53. The normalized spacial score (nSPS) is 18.9. The molecule has 1 fully saturated rings. The Labute approximate surface area is 197 Å². The number of allylic oxidation sites excluding steroid dienone is 1. The fourth-order valence-electron chi connectivity index (χ4n) is 3.40. The Morgan fingerprint density at radius 1 is 1.00 bits per heavy atom. The van der Waals surface area contributed by atoms with Crippen molar-refractivity contribution in [2.45, 2.75) is 109 Å². The van der Waals surface area contributed by atoms with E-state index < -0.39 is 32.5 Å². The Balaban J connectivity index is 2.03. The van der Waals surface area contributed by atoms with Crippen LogP contribution >= 0.6 is 7.82 Å². The Morgan fingerprint density at radius 2 is 1.73 bits per heavy atom. The van der Waals surface area contributed by atoms with Crippen molar-refractivity contribution in [2.24, 2.45) is 0 Å². The molecular weight excluding hydrogens is 451 g/mol. The fraction of sp³-hybridized carbons (Fsp3) is 0.826. The van der Waals surface area contributed by atoms with Crippen molar-refractivity contribution in [1.29, 1.82) is 0 Å². The van der Waals surface area contributed by atoms with Crippen LogP contribution < -0.4 is 0 Å². The van der Waals surface area contributed by atoms with Gasteiger partial charge in [-0.2, -0.15) is 0 Å². The van der Waals surface area contributed by atoms with Crippen LogP contribution in [0.3, 0.4) is 0 Å². The molecule has 192 valence electrons. The Hall–Kier alpha value is -1.25. The number of rotatable bonds is 20. The summed E-state index contributed by atoms with van der Waals surface area (Å²) in [7, 11) is -4.71. The molecule has 3 atom stereocenters. The highest BCUT2D eigenvalue weighted by atomic mass is 31.2. The maximum atomic E-state index is 12.0. The van der Waals surface area contributed by atoms with Gasteiger partial charge in [0.1, 0.15) is 6.61 Å². The van der Waals surface area contributed by atoms with Crippen LogP contribution in [0.2, 0.25) is 0 Å². The van der Waals surface area contributed by atoms with Crippen molar-refractivity contribution in [2.75, 3.05) is 13.2 Å². The van der Waals surface area contributed by atoms with Crippen LogP contribution in [-0.2, 0) is 32.9 Å². The van der Waals surface area contributed by atoms with E-state index in [-0.39, 0.29) is 13.0 Å². The number of carbonyl (C=O) groups is 2. The molecular formula is C23H41O9P. The Morgan fingerprint density at radius 3 is 2.42 bits per heavy atom. The van der Waals surface area contributed by atoms with Crippen molar-refractivity contribution in [1.82, 2.24) is 0 Å². The summed E-state index contributed by atoms with van der Waals surface area (Å²) in [6.07, 6.45) is 16.3. The monoisotopic (exact) mass is 492 g/mol. The van der Waals surface area contributed by atoms with Gasteiger partial charge in [0.25, 0.3) is 0 Å². The summed E-state index contributed by atoms with van der Waals surface area (Å²) in [6, 6.07) is 0. The molecule has 2 unspecified atom stereocenters. The summed E-state index contributed by atoms with van der Waals surface area (Å²) < 4.78 is 30.7. The first kappa shape index (κ1) is 29.8. The molecule has 9 nitrogen and oxygen atoms in total. The summed E-state index contributed by atoms with van der Waals surface area (Å²) in [5.74, 6) is -1.10. The maximum absolute atomic E-state index is 12.0. The molecule has 0 aromatic heterocycles. The van der Waals surface area contributed by atoms with Crippen molar-refractivity contribution in [3.8, 4) is 0 Å². The third-order valence-corrected chi connectivity index (χ3v) is 5.75. The van der Waals surface area contributed by atoms with Crippen LogP contribution in [-0.4, -0.2) is 53.3 Å². The third kappa shape index (κ3) is 17.8. The highest BCUT2D eigenvalue weighted by molar-refractivity contribution is 7.46. The second kappa shape index (κ2) is 17.2. The minimum atomic E-state index is -4.71. The van der Waals surface area contributed by atoms with Gasteiger partial charge in [0, 0.05) is 13.3 Å². The van der Waals surface area contributed by atoms with E-state index >= 15 is 0 Å². The van der Waals surface area contributed by atoms with E-state index in [1.54, 1.807) is 0 Å². The van der Waals surface area contributed by atoms with Gasteiger partial charge in [-0.1, -0.05) is 57.6 Å². The zero-order valence-corrected chi connectivity index (χ0v) is 20.9. The Bertz CT molecular complexity index is 631. The number of unbranched alkanes of at least 4 members (excludes halogenated alkanes) is 7. The summed E-state index contributed by atoms with van der Waals surface area (Å²) in [5, 5.41) is 0. The molecule has 1 saturated heterocycles. The SMILES string of the molecule is CCCCCC1OC1C/C=C\CCCCCCCC(=O)O[C@H](COC(C)=O)COP(=O)(O)O. The van der Waals surface area contributed by atoms with Crippen LogP contribution in [0.4, 0.5) is 0 Å². The molecule has 2 N–H and O–H groups in total. The van der Waals surface area contributed by atoms with Crippen LogP contribution in [0.1, 0.15) is 90.9 Å². The molecule has 1 heterocycles. The van der Waals surface area contributed by atoms with Crippen molar-refractivity contribution in [3.05, 3.63) is 12.2 Å². The zero-order valence-electron chi connectivity index (χ0n) is 20.0. The van der Waals surface area contributed by atoms with Gasteiger partial charge in [-0.3, -0.25) is 14.1 Å². The smallest absolute Gasteiger partial charge is 0.462 e. The van der Waals surface area contributed by atoms with E-state index in [0.717, 1.165) is 38.5 Å². The van der Waals surface area contributed by atoms with Gasteiger partial charge < -0.3 is 24.0 Å². The predicted octanol–water partition coefficient (Wildman–Crippen LogP) is 4.60. The lowest BCUT2D eigenvalue weighted by atomic mass is 10.1. The minimum Gasteiger partial charge on any atom is -0.462 e. The molecule has 0 spiro atoms. The quantitative estimate of drug-likeness (QED) is 0.0823. The molecule has 33 heavy (non-hydrogen) atoms. The topological polar surface area (TPSA) is 132 Å². The largest absolute Gasteiger partial charge is 0.469 e. The number of phosphoric acid groups is 1. The third-order valence-electron chi connectivity index (χ3n) is 5.27. The van der Waals surface area contributed by atoms with Gasteiger partial charge in [-0.05, 0) is 32.1 Å². The lowest BCUT2D eigenvalue weighted by Crippen LogP contribution is -2.29. The molecule has 0 radical (unpaired) electrons. The van der Waals surface area contributed by atoms with Crippen LogP contribution in [0.5, 0.6) is 0 Å². The number of phosphoric ester groups is 1. The van der Waals surface area contributed by atoms with E-state index in [4.69, 9.17) is 24.0 Å². The number of hydrogen-bond donors (Lipinski definition) is 2. The summed E-state index contributed by atoms with van der Waals surface area (Å²) in [5.41, 5.74) is 0. The lowest BCUT2D eigenvalue weighted by Gasteiger charge is -2.18. The number of hydrogen-bond acceptors (Lipinski definition) is 7. The average molecular weight is 493 g/mol. The van der Waals surface area contributed by atoms with Gasteiger partial charge in [-0.15, -0.1) is 0 Å². The maximum Gasteiger partial charge on any atom is 0.469 e. The average Bonchev–Trinajstić information content (AvgIpc) is 3.49. The van der Waals surface area contributed by atoms with Crippen molar-refractivity contribution in [3.63, 3.8) is 0 Å². The van der Waals surface area contributed by atoms with E-state index in [0.29, 0.717) is 18.6 Å². The number of carbonyl (C=O) groups excluding carboxylic acids is 2. The van der Waals surface area contributed by atoms with Crippen LogP contribution in [0.25, 0.3) is 0 Å². The molecule has 1 aliphatic rings. The molecule has 0 bridgehead atoms. The predicted molar refractivity (Wildman–Crippen MR) is 123 cm³/mol. The molecule has 1 aliphatic heterocycles. The van der Waals surface area contributed by atoms with E-state index in [9.17, 15) is 14.2 Å². The molecule has 1 rings (SSSR count). The van der Waals surface area contributed by atoms with E-state index in [2.05, 4.69) is 23.6 Å². The number of epoxide rings is 1. The molecule has 0 aromatic rings. The first-order chi connectivity index (χ1) is 15.7. The molecule has 0 aromatic carbocycles. The van der Waals surface area contributed by atoms with Crippen LogP contribution in [0.15, 0.2) is 12.2 Å². The first-order valence-corrected chi connectivity index (χ1v) is 13.6. The lowest BCUT2D eigenvalue weighted by molar-refractivity contribution is -0.160. The van der Waals surface area contributed by atoms with Gasteiger partial charge in [0.15, 0.2) is 6.10 Å². The fourth-order valence-corrected chi connectivity index (χ4v) is 3.76. The van der Waals surface area contributed by atoms with Gasteiger partial charge in [-0.25, -0.2) is 4.57 Å². The van der Waals surface area contributed by atoms with Crippen molar-refractivity contribution >= 4 is 19.8 Å². The van der Waals surface area contributed by atoms with E-state index in [1.807, 2.05) is 0 Å². The highest BCUT2D eigenvalue weighted by Gasteiger charge is 2.36. The first-order valence-electron chi connectivity index (χ1n) is 12.0. The zero-order chi connectivity index (χ0) is 24.5. The Kier molecular flexibility index (Phi) is 15.5. The number of esters is 2.